The van der Waals surface area contributed by atoms with Crippen LogP contribution in [0.25, 0.3) is 0 Å². The van der Waals surface area contributed by atoms with Gasteiger partial charge in [-0.2, -0.15) is 0 Å². The van der Waals surface area contributed by atoms with E-state index in [4.69, 9.17) is 9.26 Å². The molecule has 2 aliphatic rings. The third-order valence-corrected chi connectivity index (χ3v) is 6.36. The zero-order valence-electron chi connectivity index (χ0n) is 17.0. The van der Waals surface area contributed by atoms with Gasteiger partial charge in [0.05, 0.1) is 19.8 Å². The second-order valence-corrected chi connectivity index (χ2v) is 8.74. The predicted octanol–water partition coefficient (Wildman–Crippen LogP) is 2.95. The zero-order valence-corrected chi connectivity index (χ0v) is 17.0. The maximum atomic E-state index is 13.0. The molecule has 6 nitrogen and oxygen atoms in total. The number of likely N-dealkylation sites (N-methyl/N-ethyl adjacent to an activating group) is 1. The SMILES string of the molecule is CN(C[C@]1(c2ccccc2)CC1(C)C)C(=O)c1cc(CN2CCOCC2)on1. The van der Waals surface area contributed by atoms with Crippen LogP contribution >= 0.6 is 0 Å². The van der Waals surface area contributed by atoms with Crippen molar-refractivity contribution in [2.75, 3.05) is 39.9 Å². The van der Waals surface area contributed by atoms with E-state index in [9.17, 15) is 4.79 Å². The normalized spacial score (nSPS) is 24.1. The lowest BCUT2D eigenvalue weighted by molar-refractivity contribution is 0.0305. The highest BCUT2D eigenvalue weighted by molar-refractivity contribution is 5.92. The van der Waals surface area contributed by atoms with Gasteiger partial charge in [-0.1, -0.05) is 49.3 Å². The average molecular weight is 383 g/mol. The summed E-state index contributed by atoms with van der Waals surface area (Å²) in [5, 5.41) is 4.04. The first kappa shape index (κ1) is 19.2. The fraction of sp³-hybridized carbons (Fsp3) is 0.545. The molecule has 0 N–H and O–H groups in total. The summed E-state index contributed by atoms with van der Waals surface area (Å²) in [6, 6.07) is 12.3. The Kier molecular flexibility index (Phi) is 5.02. The molecule has 1 saturated carbocycles. The number of amides is 1. The van der Waals surface area contributed by atoms with Crippen molar-refractivity contribution in [3.63, 3.8) is 0 Å². The van der Waals surface area contributed by atoms with Crippen LogP contribution < -0.4 is 0 Å². The van der Waals surface area contributed by atoms with Crippen LogP contribution in [-0.4, -0.2) is 60.8 Å². The second kappa shape index (κ2) is 7.33. The number of morpholine rings is 1. The minimum absolute atomic E-state index is 0.000956. The molecule has 0 radical (unpaired) electrons. The summed E-state index contributed by atoms with van der Waals surface area (Å²) >= 11 is 0. The maximum Gasteiger partial charge on any atom is 0.275 e. The van der Waals surface area contributed by atoms with E-state index in [1.54, 1.807) is 11.0 Å². The Morgan fingerprint density at radius 1 is 1.21 bits per heavy atom. The van der Waals surface area contributed by atoms with E-state index in [1.165, 1.54) is 5.56 Å². The highest BCUT2D eigenvalue weighted by atomic mass is 16.5. The molecule has 2 heterocycles. The van der Waals surface area contributed by atoms with Crippen molar-refractivity contribution in [2.24, 2.45) is 5.41 Å². The van der Waals surface area contributed by atoms with Crippen LogP contribution in [0.1, 0.15) is 42.1 Å². The van der Waals surface area contributed by atoms with Crippen molar-refractivity contribution < 1.29 is 14.1 Å². The Morgan fingerprint density at radius 3 is 2.54 bits per heavy atom. The van der Waals surface area contributed by atoms with Crippen molar-refractivity contribution in [3.8, 4) is 0 Å². The Morgan fingerprint density at radius 2 is 1.89 bits per heavy atom. The maximum absolute atomic E-state index is 13.0. The predicted molar refractivity (Wildman–Crippen MR) is 106 cm³/mol. The first-order valence-corrected chi connectivity index (χ1v) is 9.98. The standard InChI is InChI=1S/C22H29N3O3/c1-21(2)15-22(21,17-7-5-4-6-8-17)16-24(3)20(26)19-13-18(28-23-19)14-25-9-11-27-12-10-25/h4-8,13H,9-12,14-16H2,1-3H3/t22-/m0/s1. The third kappa shape index (κ3) is 3.59. The molecule has 4 rings (SSSR count). The fourth-order valence-electron chi connectivity index (χ4n) is 4.46. The Bertz CT molecular complexity index is 827. The molecule has 1 aliphatic carbocycles. The van der Waals surface area contributed by atoms with Gasteiger partial charge in [0.25, 0.3) is 5.91 Å². The van der Waals surface area contributed by atoms with Gasteiger partial charge in [-0.3, -0.25) is 9.69 Å². The number of ether oxygens (including phenoxy) is 1. The quantitative estimate of drug-likeness (QED) is 0.768. The fourth-order valence-corrected chi connectivity index (χ4v) is 4.46. The molecule has 28 heavy (non-hydrogen) atoms. The Hall–Kier alpha value is -2.18. The van der Waals surface area contributed by atoms with Crippen LogP contribution in [0.5, 0.6) is 0 Å². The van der Waals surface area contributed by atoms with Gasteiger partial charge in [-0.15, -0.1) is 0 Å². The monoisotopic (exact) mass is 383 g/mol. The summed E-state index contributed by atoms with van der Waals surface area (Å²) in [6.07, 6.45) is 1.07. The molecule has 2 aromatic rings. The molecule has 2 fully saturated rings. The summed E-state index contributed by atoms with van der Waals surface area (Å²) in [7, 11) is 1.86. The lowest BCUT2D eigenvalue weighted by Gasteiger charge is -2.27. The summed E-state index contributed by atoms with van der Waals surface area (Å²) in [5.41, 5.74) is 1.85. The van der Waals surface area contributed by atoms with Crippen LogP contribution in [0.3, 0.4) is 0 Å². The van der Waals surface area contributed by atoms with E-state index < -0.39 is 0 Å². The molecule has 1 atom stereocenters. The average Bonchev–Trinajstić information content (AvgIpc) is 3.03. The third-order valence-electron chi connectivity index (χ3n) is 6.36. The number of carbonyl (C=O) groups is 1. The minimum atomic E-state index is -0.0880. The molecule has 1 saturated heterocycles. The van der Waals surface area contributed by atoms with Crippen LogP contribution in [-0.2, 0) is 16.7 Å². The number of rotatable bonds is 6. The van der Waals surface area contributed by atoms with Gasteiger partial charge in [0, 0.05) is 38.2 Å². The van der Waals surface area contributed by atoms with Crippen LogP contribution in [0, 0.1) is 5.41 Å². The molecule has 0 bridgehead atoms. The molecule has 0 unspecified atom stereocenters. The minimum Gasteiger partial charge on any atom is -0.379 e. The van der Waals surface area contributed by atoms with Crippen molar-refractivity contribution in [1.82, 2.24) is 15.0 Å². The molecular weight excluding hydrogens is 354 g/mol. The van der Waals surface area contributed by atoms with Crippen molar-refractivity contribution in [1.29, 1.82) is 0 Å². The summed E-state index contributed by atoms with van der Waals surface area (Å²) in [4.78, 5) is 17.0. The number of hydrogen-bond donors (Lipinski definition) is 0. The van der Waals surface area contributed by atoms with Crippen LogP contribution in [0.4, 0.5) is 0 Å². The lowest BCUT2D eigenvalue weighted by Crippen LogP contribution is -2.36. The van der Waals surface area contributed by atoms with Gasteiger partial charge < -0.3 is 14.2 Å². The molecule has 1 aliphatic heterocycles. The van der Waals surface area contributed by atoms with E-state index in [-0.39, 0.29) is 16.7 Å². The number of nitrogens with zero attached hydrogens (tertiary/aromatic N) is 3. The van der Waals surface area contributed by atoms with E-state index in [2.05, 4.69) is 48.2 Å². The molecule has 1 aromatic carbocycles. The van der Waals surface area contributed by atoms with E-state index in [1.807, 2.05) is 13.1 Å². The van der Waals surface area contributed by atoms with Crippen molar-refractivity contribution in [2.45, 2.75) is 32.2 Å². The van der Waals surface area contributed by atoms with Gasteiger partial charge >= 0.3 is 0 Å². The van der Waals surface area contributed by atoms with E-state index in [0.29, 0.717) is 18.8 Å². The number of aromatic nitrogens is 1. The van der Waals surface area contributed by atoms with Crippen LogP contribution in [0.15, 0.2) is 40.9 Å². The van der Waals surface area contributed by atoms with Gasteiger partial charge in [0.15, 0.2) is 11.5 Å². The smallest absolute Gasteiger partial charge is 0.275 e. The molecule has 1 amide bonds. The Balaban J connectivity index is 1.43. The molecule has 6 heteroatoms. The first-order valence-electron chi connectivity index (χ1n) is 9.98. The highest BCUT2D eigenvalue weighted by Crippen LogP contribution is 2.64. The van der Waals surface area contributed by atoms with Gasteiger partial charge in [0.2, 0.25) is 0 Å². The van der Waals surface area contributed by atoms with E-state index in [0.717, 1.165) is 38.5 Å². The zero-order chi connectivity index (χ0) is 19.8. The molecule has 1 aromatic heterocycles. The number of benzene rings is 1. The summed E-state index contributed by atoms with van der Waals surface area (Å²) in [6.45, 7) is 9.10. The molecule has 150 valence electrons. The Labute approximate surface area is 166 Å². The van der Waals surface area contributed by atoms with Crippen molar-refractivity contribution in [3.05, 3.63) is 53.4 Å². The molecular formula is C22H29N3O3. The van der Waals surface area contributed by atoms with Gasteiger partial charge in [-0.25, -0.2) is 0 Å². The summed E-state index contributed by atoms with van der Waals surface area (Å²) < 4.78 is 10.8. The second-order valence-electron chi connectivity index (χ2n) is 8.74. The largest absolute Gasteiger partial charge is 0.379 e. The van der Waals surface area contributed by atoms with E-state index >= 15 is 0 Å². The first-order chi connectivity index (χ1) is 13.4. The number of carbonyl (C=O) groups excluding carboxylic acids is 1. The molecule has 0 spiro atoms. The van der Waals surface area contributed by atoms with Gasteiger partial charge in [-0.05, 0) is 17.4 Å². The lowest BCUT2D eigenvalue weighted by atomic mass is 9.87. The number of hydrogen-bond acceptors (Lipinski definition) is 5. The van der Waals surface area contributed by atoms with Gasteiger partial charge in [0.1, 0.15) is 0 Å². The van der Waals surface area contributed by atoms with Crippen LogP contribution in [0.2, 0.25) is 0 Å². The highest BCUT2D eigenvalue weighted by Gasteiger charge is 2.62. The topological polar surface area (TPSA) is 58.8 Å². The summed E-state index contributed by atoms with van der Waals surface area (Å²) in [5.74, 6) is 0.637. The van der Waals surface area contributed by atoms with Crippen molar-refractivity contribution >= 4 is 5.91 Å².